The fraction of sp³-hybridized carbons (Fsp3) is 0.391. The predicted molar refractivity (Wildman–Crippen MR) is 119 cm³/mol. The van der Waals surface area contributed by atoms with E-state index in [0.717, 1.165) is 41.5 Å². The molecule has 0 aliphatic carbocycles. The van der Waals surface area contributed by atoms with Crippen molar-refractivity contribution in [2.75, 3.05) is 25.0 Å². The minimum atomic E-state index is -0.258. The van der Waals surface area contributed by atoms with Gasteiger partial charge in [0, 0.05) is 28.8 Å². The molecule has 0 aromatic heterocycles. The summed E-state index contributed by atoms with van der Waals surface area (Å²) in [5.41, 5.74) is 3.14. The monoisotopic (exact) mass is 458 g/mol. The lowest BCUT2D eigenvalue weighted by molar-refractivity contribution is -0.118. The summed E-state index contributed by atoms with van der Waals surface area (Å²) in [5.74, 6) is 0.486. The molecule has 0 spiro atoms. The summed E-state index contributed by atoms with van der Waals surface area (Å²) in [5, 5.41) is 2.83. The van der Waals surface area contributed by atoms with Gasteiger partial charge in [0.1, 0.15) is 5.75 Å². The molecule has 154 valence electrons. The smallest absolute Gasteiger partial charge is 0.262 e. The maximum Gasteiger partial charge on any atom is 0.262 e. The second-order valence-corrected chi connectivity index (χ2v) is 8.41. The Balaban J connectivity index is 1.61. The van der Waals surface area contributed by atoms with Crippen LogP contribution in [0.25, 0.3) is 0 Å². The van der Waals surface area contributed by atoms with Gasteiger partial charge in [0.25, 0.3) is 11.8 Å². The van der Waals surface area contributed by atoms with E-state index >= 15 is 0 Å². The average molecular weight is 459 g/mol. The van der Waals surface area contributed by atoms with Crippen LogP contribution in [0.1, 0.15) is 47.2 Å². The van der Waals surface area contributed by atoms with Gasteiger partial charge in [0.2, 0.25) is 0 Å². The third kappa shape index (κ3) is 5.82. The Morgan fingerprint density at radius 1 is 1.03 bits per heavy atom. The molecule has 5 nitrogen and oxygen atoms in total. The maximum atomic E-state index is 12.8. The zero-order valence-electron chi connectivity index (χ0n) is 17.0. The number of halogens is 1. The summed E-state index contributed by atoms with van der Waals surface area (Å²) in [7, 11) is 0. The van der Waals surface area contributed by atoms with Gasteiger partial charge in [-0.05, 0) is 68.1 Å². The number of anilines is 1. The first-order valence-corrected chi connectivity index (χ1v) is 10.8. The van der Waals surface area contributed by atoms with Gasteiger partial charge in [0.15, 0.2) is 6.61 Å². The van der Waals surface area contributed by atoms with Crippen molar-refractivity contribution in [2.45, 2.75) is 39.5 Å². The summed E-state index contributed by atoms with van der Waals surface area (Å²) in [6, 6.07) is 11.0. The lowest BCUT2D eigenvalue weighted by Gasteiger charge is -2.20. The Bertz CT molecular complexity index is 866. The topological polar surface area (TPSA) is 58.6 Å². The van der Waals surface area contributed by atoms with E-state index in [1.807, 2.05) is 30.9 Å². The van der Waals surface area contributed by atoms with Crippen LogP contribution in [0, 0.1) is 13.8 Å². The van der Waals surface area contributed by atoms with Gasteiger partial charge in [-0.2, -0.15) is 0 Å². The van der Waals surface area contributed by atoms with Crippen molar-refractivity contribution < 1.29 is 14.3 Å². The van der Waals surface area contributed by atoms with E-state index in [1.54, 1.807) is 24.3 Å². The summed E-state index contributed by atoms with van der Waals surface area (Å²) in [6.45, 7) is 5.41. The summed E-state index contributed by atoms with van der Waals surface area (Å²) >= 11 is 3.46. The molecule has 1 saturated heterocycles. The van der Waals surface area contributed by atoms with E-state index in [-0.39, 0.29) is 18.4 Å². The molecule has 1 aliphatic heterocycles. The zero-order valence-corrected chi connectivity index (χ0v) is 18.5. The van der Waals surface area contributed by atoms with E-state index in [2.05, 4.69) is 21.2 Å². The highest BCUT2D eigenvalue weighted by molar-refractivity contribution is 9.10. The molecule has 0 atom stereocenters. The number of carbonyl (C=O) groups excluding carboxylic acids is 2. The Kier molecular flexibility index (Phi) is 7.31. The highest BCUT2D eigenvalue weighted by Gasteiger charge is 2.18. The molecule has 0 bridgehead atoms. The number of hydrogen-bond donors (Lipinski definition) is 1. The Morgan fingerprint density at radius 3 is 2.34 bits per heavy atom. The number of aryl methyl sites for hydroxylation is 2. The van der Waals surface area contributed by atoms with Gasteiger partial charge in [-0.3, -0.25) is 9.59 Å². The van der Waals surface area contributed by atoms with Gasteiger partial charge in [-0.25, -0.2) is 0 Å². The maximum absolute atomic E-state index is 12.8. The van der Waals surface area contributed by atoms with Crippen LogP contribution in [0.4, 0.5) is 5.69 Å². The van der Waals surface area contributed by atoms with Gasteiger partial charge >= 0.3 is 0 Å². The Morgan fingerprint density at radius 2 is 1.69 bits per heavy atom. The van der Waals surface area contributed by atoms with Crippen molar-refractivity contribution in [3.8, 4) is 5.75 Å². The normalized spacial score (nSPS) is 14.2. The van der Waals surface area contributed by atoms with Gasteiger partial charge in [-0.15, -0.1) is 0 Å². The number of ether oxygens (including phenoxy) is 1. The van der Waals surface area contributed by atoms with E-state index in [1.165, 1.54) is 12.8 Å². The first-order valence-electron chi connectivity index (χ1n) is 10.0. The highest BCUT2D eigenvalue weighted by atomic mass is 79.9. The standard InChI is InChI=1S/C23H27BrN2O3/c1-16-12-19(24)13-17(2)22(16)29-15-21(27)25-20-9-7-8-18(14-20)23(28)26-10-5-3-4-6-11-26/h7-9,12-14H,3-6,10-11,15H2,1-2H3,(H,25,27). The van der Waals surface area contributed by atoms with Gasteiger partial charge < -0.3 is 15.0 Å². The van der Waals surface area contributed by atoms with Gasteiger partial charge in [0.05, 0.1) is 0 Å². The van der Waals surface area contributed by atoms with Crippen LogP contribution >= 0.6 is 15.9 Å². The minimum absolute atomic E-state index is 0.0281. The lowest BCUT2D eigenvalue weighted by Crippen LogP contribution is -2.31. The van der Waals surface area contributed by atoms with Crippen LogP contribution in [0.15, 0.2) is 40.9 Å². The van der Waals surface area contributed by atoms with Crippen LogP contribution in [0.5, 0.6) is 5.75 Å². The quantitative estimate of drug-likeness (QED) is 0.677. The molecule has 1 N–H and O–H groups in total. The van der Waals surface area contributed by atoms with Gasteiger partial charge in [-0.1, -0.05) is 34.8 Å². The Labute approximate surface area is 180 Å². The van der Waals surface area contributed by atoms with Crippen molar-refractivity contribution in [1.82, 2.24) is 4.90 Å². The van der Waals surface area contributed by atoms with Crippen molar-refractivity contribution in [3.05, 3.63) is 57.6 Å². The predicted octanol–water partition coefficient (Wildman–Crippen LogP) is 5.10. The van der Waals surface area contributed by atoms with Crippen molar-refractivity contribution in [2.24, 2.45) is 0 Å². The molecule has 1 heterocycles. The first-order chi connectivity index (χ1) is 13.9. The number of amides is 2. The molecule has 0 radical (unpaired) electrons. The first kappa shape index (κ1) is 21.4. The van der Waals surface area contributed by atoms with Crippen LogP contribution in [-0.4, -0.2) is 36.4 Å². The van der Waals surface area contributed by atoms with Crippen molar-refractivity contribution in [1.29, 1.82) is 0 Å². The molecule has 0 saturated carbocycles. The Hall–Kier alpha value is -2.34. The molecule has 0 unspecified atom stereocenters. The number of benzene rings is 2. The van der Waals surface area contributed by atoms with Crippen molar-refractivity contribution in [3.63, 3.8) is 0 Å². The van der Waals surface area contributed by atoms with Crippen LogP contribution in [0.2, 0.25) is 0 Å². The largest absolute Gasteiger partial charge is 0.483 e. The molecule has 1 fully saturated rings. The molecule has 1 aliphatic rings. The fourth-order valence-electron chi connectivity index (χ4n) is 3.65. The van der Waals surface area contributed by atoms with E-state index in [0.29, 0.717) is 17.0 Å². The minimum Gasteiger partial charge on any atom is -0.483 e. The molecule has 2 aromatic rings. The van der Waals surface area contributed by atoms with Crippen LogP contribution < -0.4 is 10.1 Å². The lowest BCUT2D eigenvalue weighted by atomic mass is 10.1. The molecule has 2 amide bonds. The van der Waals surface area contributed by atoms with E-state index < -0.39 is 0 Å². The number of nitrogens with one attached hydrogen (secondary N) is 1. The number of likely N-dealkylation sites (tertiary alicyclic amines) is 1. The zero-order chi connectivity index (χ0) is 20.8. The summed E-state index contributed by atoms with van der Waals surface area (Å²) in [4.78, 5) is 27.1. The number of carbonyl (C=O) groups is 2. The molecular weight excluding hydrogens is 432 g/mol. The van der Waals surface area contributed by atoms with Crippen LogP contribution in [0.3, 0.4) is 0 Å². The van der Waals surface area contributed by atoms with Crippen molar-refractivity contribution >= 4 is 33.4 Å². The number of hydrogen-bond acceptors (Lipinski definition) is 3. The third-order valence-electron chi connectivity index (χ3n) is 5.06. The molecule has 29 heavy (non-hydrogen) atoms. The summed E-state index contributed by atoms with van der Waals surface area (Å²) in [6.07, 6.45) is 4.46. The fourth-order valence-corrected chi connectivity index (χ4v) is 4.33. The molecular formula is C23H27BrN2O3. The number of rotatable bonds is 5. The molecule has 3 rings (SSSR count). The SMILES string of the molecule is Cc1cc(Br)cc(C)c1OCC(=O)Nc1cccc(C(=O)N2CCCCCC2)c1. The third-order valence-corrected chi connectivity index (χ3v) is 5.52. The second-order valence-electron chi connectivity index (χ2n) is 7.49. The second kappa shape index (κ2) is 9.92. The van der Waals surface area contributed by atoms with Crippen LogP contribution in [-0.2, 0) is 4.79 Å². The highest BCUT2D eigenvalue weighted by Crippen LogP contribution is 2.27. The summed E-state index contributed by atoms with van der Waals surface area (Å²) < 4.78 is 6.72. The van der Waals surface area contributed by atoms with E-state index in [4.69, 9.17) is 4.74 Å². The number of nitrogens with zero attached hydrogens (tertiary/aromatic N) is 1. The molecule has 6 heteroatoms. The van der Waals surface area contributed by atoms with E-state index in [9.17, 15) is 9.59 Å². The average Bonchev–Trinajstić information content (AvgIpc) is 2.96. The molecule has 2 aromatic carbocycles.